The molecule has 4 bridgehead atoms. The second kappa shape index (κ2) is 5.18. The molecule has 23 heavy (non-hydrogen) atoms. The molecule has 4 aliphatic rings. The lowest BCUT2D eigenvalue weighted by molar-refractivity contribution is 0.00163. The van der Waals surface area contributed by atoms with Gasteiger partial charge >= 0.3 is 0 Å². The van der Waals surface area contributed by atoms with Gasteiger partial charge in [-0.15, -0.1) is 0 Å². The molecule has 0 unspecified atom stereocenters. The van der Waals surface area contributed by atoms with E-state index in [1.54, 1.807) is 0 Å². The van der Waals surface area contributed by atoms with Gasteiger partial charge in [-0.05, 0) is 75.3 Å². The lowest BCUT2D eigenvalue weighted by atomic mass is 9.53. The van der Waals surface area contributed by atoms with Crippen LogP contribution in [0.15, 0.2) is 17.1 Å². The predicted molar refractivity (Wildman–Crippen MR) is 87.2 cm³/mol. The molecule has 4 fully saturated rings. The molecule has 1 aromatic rings. The van der Waals surface area contributed by atoms with Crippen molar-refractivity contribution in [2.24, 2.45) is 28.5 Å². The average molecular weight is 319 g/mol. The van der Waals surface area contributed by atoms with Gasteiger partial charge in [0.05, 0.1) is 11.2 Å². The first-order valence-corrected chi connectivity index (χ1v) is 8.51. The van der Waals surface area contributed by atoms with E-state index in [4.69, 9.17) is 10.7 Å². The van der Waals surface area contributed by atoms with Gasteiger partial charge in [-0.25, -0.2) is 13.8 Å². The zero-order valence-electron chi connectivity index (χ0n) is 13.4. The summed E-state index contributed by atoms with van der Waals surface area (Å²) in [5.41, 5.74) is 6.19. The summed E-state index contributed by atoms with van der Waals surface area (Å²) in [5, 5.41) is 2.84. The topological polar surface area (TPSA) is 50.4 Å². The molecule has 0 heterocycles. The largest absolute Gasteiger partial charge is 0.370 e. The first-order valence-electron chi connectivity index (χ1n) is 8.51. The Labute approximate surface area is 135 Å². The quantitative estimate of drug-likeness (QED) is 0.640. The van der Waals surface area contributed by atoms with Crippen LogP contribution in [0.4, 0.5) is 14.5 Å². The molecule has 3 N–H and O–H groups in total. The molecule has 0 atom stereocenters. The molecule has 0 radical (unpaired) electrons. The van der Waals surface area contributed by atoms with E-state index in [0.29, 0.717) is 0 Å². The molecule has 4 saturated carbocycles. The average Bonchev–Trinajstić information content (AvgIpc) is 2.46. The van der Waals surface area contributed by atoms with E-state index in [1.807, 2.05) is 0 Å². The van der Waals surface area contributed by atoms with Crippen LogP contribution < -0.4 is 11.1 Å². The first-order chi connectivity index (χ1) is 10.9. The number of hydrogen-bond acceptors (Lipinski definition) is 1. The molecular formula is C18H23F2N3. The molecule has 5 heteroatoms. The van der Waals surface area contributed by atoms with Crippen molar-refractivity contribution in [3.8, 4) is 0 Å². The second-order valence-electron chi connectivity index (χ2n) is 7.80. The van der Waals surface area contributed by atoms with E-state index in [1.165, 1.54) is 38.3 Å². The van der Waals surface area contributed by atoms with Crippen molar-refractivity contribution in [2.75, 3.05) is 5.32 Å². The van der Waals surface area contributed by atoms with Crippen LogP contribution in [0.1, 0.15) is 44.1 Å². The normalized spacial score (nSPS) is 35.6. The fourth-order valence-corrected chi connectivity index (χ4v) is 5.38. The van der Waals surface area contributed by atoms with Gasteiger partial charge in [0.25, 0.3) is 0 Å². The maximum atomic E-state index is 14.1. The summed E-state index contributed by atoms with van der Waals surface area (Å²) in [5.74, 6) is 1.43. The maximum Gasteiger partial charge on any atom is 0.193 e. The van der Waals surface area contributed by atoms with Crippen molar-refractivity contribution in [1.82, 2.24) is 0 Å². The molecular weight excluding hydrogens is 296 g/mol. The summed E-state index contributed by atoms with van der Waals surface area (Å²) in [6, 6.07) is 2.62. The summed E-state index contributed by atoms with van der Waals surface area (Å²) in [4.78, 5) is 4.78. The fourth-order valence-electron chi connectivity index (χ4n) is 5.38. The number of anilines is 1. The molecule has 0 aliphatic heterocycles. The molecule has 124 valence electrons. The Morgan fingerprint density at radius 3 is 2.26 bits per heavy atom. The van der Waals surface area contributed by atoms with E-state index in [9.17, 15) is 8.78 Å². The van der Waals surface area contributed by atoms with Crippen molar-refractivity contribution in [3.63, 3.8) is 0 Å². The SMILES string of the molecule is Cc1c(F)ccc(NC(N)=NC23CC4CC(CC(C4)C2)C3)c1F. The fraction of sp³-hybridized carbons (Fsp3) is 0.611. The zero-order valence-corrected chi connectivity index (χ0v) is 13.4. The summed E-state index contributed by atoms with van der Waals surface area (Å²) in [7, 11) is 0. The summed E-state index contributed by atoms with van der Waals surface area (Å²) in [6.45, 7) is 1.42. The van der Waals surface area contributed by atoms with E-state index in [-0.39, 0.29) is 22.7 Å². The number of aliphatic imine (C=N–C) groups is 1. The minimum Gasteiger partial charge on any atom is -0.370 e. The lowest BCUT2D eigenvalue weighted by Gasteiger charge is -2.54. The first kappa shape index (κ1) is 14.9. The van der Waals surface area contributed by atoms with E-state index in [0.717, 1.165) is 37.0 Å². The molecule has 1 aromatic carbocycles. The highest BCUT2D eigenvalue weighted by molar-refractivity contribution is 5.92. The van der Waals surface area contributed by atoms with Crippen LogP contribution in [0.5, 0.6) is 0 Å². The van der Waals surface area contributed by atoms with Gasteiger partial charge in [0.15, 0.2) is 11.8 Å². The van der Waals surface area contributed by atoms with Gasteiger partial charge in [-0.2, -0.15) is 0 Å². The third kappa shape index (κ3) is 2.60. The highest BCUT2D eigenvalue weighted by atomic mass is 19.1. The number of rotatable bonds is 2. The lowest BCUT2D eigenvalue weighted by Crippen LogP contribution is -2.50. The van der Waals surface area contributed by atoms with E-state index < -0.39 is 11.6 Å². The Bertz CT molecular complexity index is 633. The number of nitrogens with zero attached hydrogens (tertiary/aromatic N) is 1. The number of hydrogen-bond donors (Lipinski definition) is 2. The molecule has 0 aromatic heterocycles. The number of halogens is 2. The van der Waals surface area contributed by atoms with E-state index >= 15 is 0 Å². The highest BCUT2D eigenvalue weighted by Gasteiger charge is 2.51. The molecule has 0 spiro atoms. The minimum atomic E-state index is -0.603. The number of benzene rings is 1. The third-order valence-corrected chi connectivity index (χ3v) is 5.95. The number of nitrogens with one attached hydrogen (secondary N) is 1. The van der Waals surface area contributed by atoms with Crippen LogP contribution in [-0.4, -0.2) is 11.5 Å². The van der Waals surface area contributed by atoms with Crippen molar-refractivity contribution in [2.45, 2.75) is 51.0 Å². The van der Waals surface area contributed by atoms with Crippen LogP contribution >= 0.6 is 0 Å². The number of nitrogens with two attached hydrogens (primary N) is 1. The standard InChI is InChI=1S/C18H23F2N3/c1-10-14(19)2-3-15(16(10)20)22-17(21)23-18-7-11-4-12(8-18)6-13(5-11)9-18/h2-3,11-13H,4-9H2,1H3,(H3,21,22,23). The monoisotopic (exact) mass is 319 g/mol. The van der Waals surface area contributed by atoms with Gasteiger partial charge < -0.3 is 11.1 Å². The van der Waals surface area contributed by atoms with E-state index in [2.05, 4.69) is 5.32 Å². The third-order valence-electron chi connectivity index (χ3n) is 5.95. The molecule has 4 aliphatic carbocycles. The Balaban J connectivity index is 1.56. The van der Waals surface area contributed by atoms with Crippen LogP contribution in [0.3, 0.4) is 0 Å². The Kier molecular flexibility index (Phi) is 3.36. The molecule has 5 rings (SSSR count). The Morgan fingerprint density at radius 2 is 1.70 bits per heavy atom. The van der Waals surface area contributed by atoms with Crippen LogP contribution in [0, 0.1) is 36.3 Å². The molecule has 0 amide bonds. The van der Waals surface area contributed by atoms with Crippen LogP contribution in [0.2, 0.25) is 0 Å². The molecule has 0 saturated heterocycles. The highest BCUT2D eigenvalue weighted by Crippen LogP contribution is 2.57. The van der Waals surface area contributed by atoms with Crippen LogP contribution in [-0.2, 0) is 0 Å². The van der Waals surface area contributed by atoms with Gasteiger partial charge in [-0.1, -0.05) is 0 Å². The van der Waals surface area contributed by atoms with Gasteiger partial charge in [0, 0.05) is 5.56 Å². The maximum absolute atomic E-state index is 14.1. The summed E-state index contributed by atoms with van der Waals surface area (Å²) < 4.78 is 27.5. The minimum absolute atomic E-state index is 0.00222. The van der Waals surface area contributed by atoms with Gasteiger partial charge in [0.2, 0.25) is 0 Å². The van der Waals surface area contributed by atoms with Crippen LogP contribution in [0.25, 0.3) is 0 Å². The van der Waals surface area contributed by atoms with Crippen molar-refractivity contribution in [1.29, 1.82) is 0 Å². The summed E-state index contributed by atoms with van der Waals surface area (Å²) >= 11 is 0. The Hall–Kier alpha value is -1.65. The van der Waals surface area contributed by atoms with Crippen molar-refractivity contribution in [3.05, 3.63) is 29.3 Å². The Morgan fingerprint density at radius 1 is 1.13 bits per heavy atom. The van der Waals surface area contributed by atoms with Crippen molar-refractivity contribution >= 4 is 11.6 Å². The zero-order chi connectivity index (χ0) is 16.2. The predicted octanol–water partition coefficient (Wildman–Crippen LogP) is 3.97. The smallest absolute Gasteiger partial charge is 0.193 e. The van der Waals surface area contributed by atoms with Gasteiger partial charge in [0.1, 0.15) is 5.82 Å². The van der Waals surface area contributed by atoms with Gasteiger partial charge in [-0.3, -0.25) is 0 Å². The molecule has 3 nitrogen and oxygen atoms in total. The second-order valence-corrected chi connectivity index (χ2v) is 7.80. The van der Waals surface area contributed by atoms with Crippen molar-refractivity contribution < 1.29 is 8.78 Å². The summed E-state index contributed by atoms with van der Waals surface area (Å²) in [6.07, 6.45) is 7.33. The number of guanidine groups is 1.